The van der Waals surface area contributed by atoms with Gasteiger partial charge in [-0.05, 0) is 37.3 Å². The second kappa shape index (κ2) is 7.02. The number of likely N-dealkylation sites (tertiary alicyclic amines) is 1. The minimum atomic E-state index is -0.821. The summed E-state index contributed by atoms with van der Waals surface area (Å²) in [6, 6.07) is 5.56. The van der Waals surface area contributed by atoms with Gasteiger partial charge in [0.2, 0.25) is 0 Å². The number of piperidine rings is 1. The SMILES string of the molecule is O=C(O)CCC1CCCN(C(=O)c2ccc([N+](=O)[O-])cc2)C1. The number of amides is 1. The molecule has 1 aliphatic rings. The van der Waals surface area contributed by atoms with Gasteiger partial charge in [-0.2, -0.15) is 0 Å². The predicted molar refractivity (Wildman–Crippen MR) is 78.6 cm³/mol. The van der Waals surface area contributed by atoms with Gasteiger partial charge in [0.1, 0.15) is 0 Å². The normalized spacial score (nSPS) is 18.0. The minimum absolute atomic E-state index is 0.0467. The van der Waals surface area contributed by atoms with Crippen molar-refractivity contribution >= 4 is 17.6 Å². The molecule has 0 spiro atoms. The number of benzene rings is 1. The molecule has 1 unspecified atom stereocenters. The summed E-state index contributed by atoms with van der Waals surface area (Å²) in [5, 5.41) is 19.3. The molecule has 1 fully saturated rings. The van der Waals surface area contributed by atoms with E-state index in [0.29, 0.717) is 25.1 Å². The van der Waals surface area contributed by atoms with Crippen LogP contribution in [0.5, 0.6) is 0 Å². The first kappa shape index (κ1) is 15.9. The van der Waals surface area contributed by atoms with Crippen LogP contribution in [0.2, 0.25) is 0 Å². The van der Waals surface area contributed by atoms with Gasteiger partial charge in [-0.25, -0.2) is 0 Å². The summed E-state index contributed by atoms with van der Waals surface area (Å²) in [6.45, 7) is 1.18. The highest BCUT2D eigenvalue weighted by Gasteiger charge is 2.25. The number of carbonyl (C=O) groups is 2. The lowest BCUT2D eigenvalue weighted by Gasteiger charge is -2.32. The van der Waals surface area contributed by atoms with E-state index in [-0.39, 0.29) is 23.9 Å². The largest absolute Gasteiger partial charge is 0.481 e. The van der Waals surface area contributed by atoms with Crippen molar-refractivity contribution in [3.05, 3.63) is 39.9 Å². The van der Waals surface area contributed by atoms with Gasteiger partial charge in [-0.1, -0.05) is 0 Å². The zero-order valence-electron chi connectivity index (χ0n) is 12.1. The van der Waals surface area contributed by atoms with Crippen LogP contribution in [0.25, 0.3) is 0 Å². The fraction of sp³-hybridized carbons (Fsp3) is 0.467. The molecular weight excluding hydrogens is 288 g/mol. The number of aliphatic carboxylic acids is 1. The highest BCUT2D eigenvalue weighted by atomic mass is 16.6. The average molecular weight is 306 g/mol. The van der Waals surface area contributed by atoms with Crippen LogP contribution in [-0.2, 0) is 4.79 Å². The van der Waals surface area contributed by atoms with Gasteiger partial charge in [0, 0.05) is 37.2 Å². The van der Waals surface area contributed by atoms with E-state index in [9.17, 15) is 19.7 Å². The summed E-state index contributed by atoms with van der Waals surface area (Å²) < 4.78 is 0. The maximum Gasteiger partial charge on any atom is 0.303 e. The molecule has 0 aromatic heterocycles. The van der Waals surface area contributed by atoms with E-state index in [0.717, 1.165) is 12.8 Å². The third-order valence-electron chi connectivity index (χ3n) is 3.90. The van der Waals surface area contributed by atoms with Gasteiger partial charge in [0.15, 0.2) is 0 Å². The standard InChI is InChI=1S/C15H18N2O5/c18-14(19)8-3-11-2-1-9-16(10-11)15(20)12-4-6-13(7-5-12)17(21)22/h4-7,11H,1-3,8-10H2,(H,18,19). The summed E-state index contributed by atoms with van der Waals surface area (Å²) in [5.74, 6) is -0.777. The lowest BCUT2D eigenvalue weighted by Crippen LogP contribution is -2.40. The molecule has 1 atom stereocenters. The van der Waals surface area contributed by atoms with Crippen molar-refractivity contribution in [1.82, 2.24) is 4.90 Å². The first-order chi connectivity index (χ1) is 10.5. The van der Waals surface area contributed by atoms with Crippen molar-refractivity contribution in [2.45, 2.75) is 25.7 Å². The lowest BCUT2D eigenvalue weighted by molar-refractivity contribution is -0.384. The van der Waals surface area contributed by atoms with Crippen LogP contribution in [0.3, 0.4) is 0 Å². The number of hydrogen-bond donors (Lipinski definition) is 1. The molecule has 7 heteroatoms. The Bertz CT molecular complexity index is 570. The Labute approximate surface area is 127 Å². The first-order valence-corrected chi connectivity index (χ1v) is 7.23. The third-order valence-corrected chi connectivity index (χ3v) is 3.90. The van der Waals surface area contributed by atoms with E-state index in [1.807, 2.05) is 0 Å². The fourth-order valence-corrected chi connectivity index (χ4v) is 2.72. The maximum absolute atomic E-state index is 12.4. The number of carboxylic acid groups (broad SMARTS) is 1. The Morgan fingerprint density at radius 2 is 2.00 bits per heavy atom. The van der Waals surface area contributed by atoms with Gasteiger partial charge in [-0.15, -0.1) is 0 Å². The Kier molecular flexibility index (Phi) is 5.08. The van der Waals surface area contributed by atoms with Crippen LogP contribution in [-0.4, -0.2) is 39.9 Å². The topological polar surface area (TPSA) is 101 Å². The Morgan fingerprint density at radius 3 is 2.59 bits per heavy atom. The van der Waals surface area contributed by atoms with Gasteiger partial charge < -0.3 is 10.0 Å². The number of non-ortho nitro benzene ring substituents is 1. The molecule has 1 aliphatic heterocycles. The molecule has 1 heterocycles. The Balaban J connectivity index is 1.99. The minimum Gasteiger partial charge on any atom is -0.481 e. The molecule has 1 aromatic rings. The molecular formula is C15H18N2O5. The van der Waals surface area contributed by atoms with Crippen LogP contribution in [0, 0.1) is 16.0 Å². The van der Waals surface area contributed by atoms with Crippen LogP contribution in [0.1, 0.15) is 36.0 Å². The van der Waals surface area contributed by atoms with Crippen molar-refractivity contribution in [3.8, 4) is 0 Å². The van der Waals surface area contributed by atoms with E-state index in [1.165, 1.54) is 24.3 Å². The van der Waals surface area contributed by atoms with Gasteiger partial charge >= 0.3 is 5.97 Å². The zero-order valence-corrected chi connectivity index (χ0v) is 12.1. The van der Waals surface area contributed by atoms with Gasteiger partial charge in [-0.3, -0.25) is 19.7 Å². The van der Waals surface area contributed by atoms with Crippen LogP contribution < -0.4 is 0 Å². The van der Waals surface area contributed by atoms with E-state index in [2.05, 4.69) is 0 Å². The van der Waals surface area contributed by atoms with Crippen molar-refractivity contribution in [3.63, 3.8) is 0 Å². The molecule has 7 nitrogen and oxygen atoms in total. The average Bonchev–Trinajstić information content (AvgIpc) is 2.52. The van der Waals surface area contributed by atoms with Crippen LogP contribution in [0.15, 0.2) is 24.3 Å². The Morgan fingerprint density at radius 1 is 1.32 bits per heavy atom. The fourth-order valence-electron chi connectivity index (χ4n) is 2.72. The molecule has 22 heavy (non-hydrogen) atoms. The highest BCUT2D eigenvalue weighted by Crippen LogP contribution is 2.23. The smallest absolute Gasteiger partial charge is 0.303 e. The molecule has 1 aromatic carbocycles. The first-order valence-electron chi connectivity index (χ1n) is 7.23. The number of nitro groups is 1. The van der Waals surface area contributed by atoms with E-state index < -0.39 is 10.9 Å². The molecule has 0 saturated carbocycles. The van der Waals surface area contributed by atoms with Gasteiger partial charge in [0.25, 0.3) is 11.6 Å². The number of nitrogens with zero attached hydrogens (tertiary/aromatic N) is 2. The summed E-state index contributed by atoms with van der Waals surface area (Å²) in [7, 11) is 0. The Hall–Kier alpha value is -2.44. The molecule has 0 radical (unpaired) electrons. The quantitative estimate of drug-likeness (QED) is 0.664. The lowest BCUT2D eigenvalue weighted by atomic mass is 9.93. The molecule has 0 aliphatic carbocycles. The maximum atomic E-state index is 12.4. The second-order valence-corrected chi connectivity index (χ2v) is 5.50. The molecule has 1 saturated heterocycles. The van der Waals surface area contributed by atoms with E-state index in [1.54, 1.807) is 4.90 Å². The number of carboxylic acids is 1. The van der Waals surface area contributed by atoms with Crippen LogP contribution >= 0.6 is 0 Å². The molecule has 2 rings (SSSR count). The second-order valence-electron chi connectivity index (χ2n) is 5.50. The summed E-state index contributed by atoms with van der Waals surface area (Å²) in [5.41, 5.74) is 0.374. The molecule has 1 amide bonds. The number of carbonyl (C=O) groups excluding carboxylic acids is 1. The summed E-state index contributed by atoms with van der Waals surface area (Å²) >= 11 is 0. The van der Waals surface area contributed by atoms with Crippen molar-refractivity contribution < 1.29 is 19.6 Å². The highest BCUT2D eigenvalue weighted by molar-refractivity contribution is 5.94. The van der Waals surface area contributed by atoms with Crippen molar-refractivity contribution in [2.24, 2.45) is 5.92 Å². The van der Waals surface area contributed by atoms with Crippen LogP contribution in [0.4, 0.5) is 5.69 Å². The molecule has 1 N–H and O–H groups in total. The third kappa shape index (κ3) is 4.03. The molecule has 118 valence electrons. The zero-order chi connectivity index (χ0) is 16.1. The van der Waals surface area contributed by atoms with Crippen molar-refractivity contribution in [1.29, 1.82) is 0 Å². The monoisotopic (exact) mass is 306 g/mol. The number of nitro benzene ring substituents is 1. The van der Waals surface area contributed by atoms with E-state index >= 15 is 0 Å². The summed E-state index contributed by atoms with van der Waals surface area (Å²) in [4.78, 5) is 34.9. The van der Waals surface area contributed by atoms with Gasteiger partial charge in [0.05, 0.1) is 4.92 Å². The van der Waals surface area contributed by atoms with Crippen molar-refractivity contribution in [2.75, 3.05) is 13.1 Å². The summed E-state index contributed by atoms with van der Waals surface area (Å²) in [6.07, 6.45) is 2.46. The molecule has 0 bridgehead atoms. The number of hydrogen-bond acceptors (Lipinski definition) is 4. The predicted octanol–water partition coefficient (Wildman–Crippen LogP) is 2.31. The van der Waals surface area contributed by atoms with E-state index in [4.69, 9.17) is 5.11 Å². The number of rotatable bonds is 5.